The van der Waals surface area contributed by atoms with Crippen LogP contribution in [0.2, 0.25) is 5.02 Å². The first kappa shape index (κ1) is 21.7. The number of amides is 1. The first-order valence-electron chi connectivity index (χ1n) is 8.98. The molecule has 0 fully saturated rings. The van der Waals surface area contributed by atoms with Gasteiger partial charge in [0, 0.05) is 5.02 Å². The van der Waals surface area contributed by atoms with Crippen molar-refractivity contribution < 1.29 is 22.7 Å². The molecule has 0 unspecified atom stereocenters. The van der Waals surface area contributed by atoms with Gasteiger partial charge in [-0.05, 0) is 67.6 Å². The van der Waals surface area contributed by atoms with Crippen LogP contribution in [0, 0.1) is 6.92 Å². The van der Waals surface area contributed by atoms with E-state index in [-0.39, 0.29) is 10.6 Å². The van der Waals surface area contributed by atoms with E-state index in [2.05, 4.69) is 0 Å². The second-order valence-corrected chi connectivity index (χ2v) is 8.64. The molecular formula is C22H20ClNO5S. The van der Waals surface area contributed by atoms with E-state index in [9.17, 15) is 13.2 Å². The van der Waals surface area contributed by atoms with Gasteiger partial charge in [0.05, 0.1) is 17.7 Å². The zero-order valence-electron chi connectivity index (χ0n) is 16.4. The molecule has 0 radical (unpaired) electrons. The molecule has 0 atom stereocenters. The van der Waals surface area contributed by atoms with Gasteiger partial charge in [0.15, 0.2) is 6.61 Å². The Labute approximate surface area is 180 Å². The van der Waals surface area contributed by atoms with Gasteiger partial charge in [-0.25, -0.2) is 8.42 Å². The standard InChI is InChI=1S/C22H20ClNO5S/c1-16-3-9-20(10-4-16)29-15-22(25)24(18-7-11-19(28-2)12-8-18)30(26,27)21-13-5-17(23)6-14-21/h3-14H,15H2,1-2H3. The van der Waals surface area contributed by atoms with Gasteiger partial charge in [-0.1, -0.05) is 29.3 Å². The highest BCUT2D eigenvalue weighted by molar-refractivity contribution is 7.93. The predicted molar refractivity (Wildman–Crippen MR) is 116 cm³/mol. The van der Waals surface area contributed by atoms with Crippen molar-refractivity contribution in [3.05, 3.63) is 83.4 Å². The lowest BCUT2D eigenvalue weighted by Crippen LogP contribution is -2.40. The number of sulfonamides is 1. The molecule has 3 aromatic rings. The Bertz CT molecular complexity index is 1110. The van der Waals surface area contributed by atoms with Crippen molar-refractivity contribution in [3.63, 3.8) is 0 Å². The largest absolute Gasteiger partial charge is 0.497 e. The smallest absolute Gasteiger partial charge is 0.278 e. The normalized spacial score (nSPS) is 11.0. The van der Waals surface area contributed by atoms with E-state index in [1.54, 1.807) is 24.3 Å². The zero-order chi connectivity index (χ0) is 21.7. The van der Waals surface area contributed by atoms with Gasteiger partial charge in [-0.15, -0.1) is 0 Å². The minimum atomic E-state index is -4.20. The number of nitrogens with zero attached hydrogens (tertiary/aromatic N) is 1. The number of carbonyl (C=O) groups is 1. The molecule has 6 nitrogen and oxygen atoms in total. The summed E-state index contributed by atoms with van der Waals surface area (Å²) in [4.78, 5) is 12.9. The van der Waals surface area contributed by atoms with Crippen LogP contribution in [0.4, 0.5) is 5.69 Å². The fourth-order valence-electron chi connectivity index (χ4n) is 2.68. The van der Waals surface area contributed by atoms with Crippen molar-refractivity contribution in [2.75, 3.05) is 18.0 Å². The molecule has 0 N–H and O–H groups in total. The Morgan fingerprint density at radius 1 is 0.900 bits per heavy atom. The van der Waals surface area contributed by atoms with Gasteiger partial charge in [-0.3, -0.25) is 4.79 Å². The van der Waals surface area contributed by atoms with Crippen molar-refractivity contribution in [3.8, 4) is 11.5 Å². The maximum Gasteiger partial charge on any atom is 0.278 e. The predicted octanol–water partition coefficient (Wildman–Crippen LogP) is 4.46. The van der Waals surface area contributed by atoms with E-state index in [1.165, 1.54) is 43.5 Å². The number of hydrogen-bond donors (Lipinski definition) is 0. The van der Waals surface area contributed by atoms with E-state index >= 15 is 0 Å². The van der Waals surface area contributed by atoms with Gasteiger partial charge >= 0.3 is 0 Å². The molecule has 30 heavy (non-hydrogen) atoms. The maximum absolute atomic E-state index is 13.3. The van der Waals surface area contributed by atoms with Crippen molar-refractivity contribution >= 4 is 33.2 Å². The second-order valence-electron chi connectivity index (χ2n) is 6.42. The molecule has 0 aliphatic carbocycles. The van der Waals surface area contributed by atoms with Crippen molar-refractivity contribution in [2.45, 2.75) is 11.8 Å². The van der Waals surface area contributed by atoms with Crippen LogP contribution in [0.5, 0.6) is 11.5 Å². The van der Waals surface area contributed by atoms with E-state index in [4.69, 9.17) is 21.1 Å². The van der Waals surface area contributed by atoms with Crippen LogP contribution < -0.4 is 13.8 Å². The Hall–Kier alpha value is -3.03. The average Bonchev–Trinajstić information content (AvgIpc) is 2.74. The average molecular weight is 446 g/mol. The Balaban J connectivity index is 1.94. The lowest BCUT2D eigenvalue weighted by atomic mass is 10.2. The van der Waals surface area contributed by atoms with Crippen molar-refractivity contribution in [2.24, 2.45) is 0 Å². The summed E-state index contributed by atoms with van der Waals surface area (Å²) in [6, 6.07) is 18.9. The molecule has 0 aromatic heterocycles. The Kier molecular flexibility index (Phi) is 6.64. The van der Waals surface area contributed by atoms with Crippen LogP contribution >= 0.6 is 11.6 Å². The highest BCUT2D eigenvalue weighted by Crippen LogP contribution is 2.27. The van der Waals surface area contributed by atoms with Crippen molar-refractivity contribution in [1.29, 1.82) is 0 Å². The first-order valence-corrected chi connectivity index (χ1v) is 10.8. The van der Waals surface area contributed by atoms with E-state index < -0.39 is 22.5 Å². The minimum Gasteiger partial charge on any atom is -0.497 e. The summed E-state index contributed by atoms with van der Waals surface area (Å²) < 4.78 is 37.9. The number of benzene rings is 3. The van der Waals surface area contributed by atoms with Crippen LogP contribution in [0.3, 0.4) is 0 Å². The molecular weight excluding hydrogens is 426 g/mol. The summed E-state index contributed by atoms with van der Waals surface area (Å²) in [6.45, 7) is 1.47. The highest BCUT2D eigenvalue weighted by Gasteiger charge is 2.31. The molecule has 0 saturated carbocycles. The fourth-order valence-corrected chi connectivity index (χ4v) is 4.22. The number of anilines is 1. The molecule has 0 spiro atoms. The van der Waals surface area contributed by atoms with E-state index in [1.807, 2.05) is 19.1 Å². The summed E-state index contributed by atoms with van der Waals surface area (Å²) in [6.07, 6.45) is 0. The molecule has 3 aromatic carbocycles. The lowest BCUT2D eigenvalue weighted by Gasteiger charge is -2.23. The molecule has 156 valence electrons. The second kappa shape index (κ2) is 9.19. The third kappa shape index (κ3) is 4.93. The molecule has 0 aliphatic heterocycles. The van der Waals surface area contributed by atoms with E-state index in [0.29, 0.717) is 16.5 Å². The van der Waals surface area contributed by atoms with Gasteiger partial charge < -0.3 is 9.47 Å². The maximum atomic E-state index is 13.3. The summed E-state index contributed by atoms with van der Waals surface area (Å²) in [5.41, 5.74) is 1.21. The Morgan fingerprint density at radius 2 is 1.47 bits per heavy atom. The number of hydrogen-bond acceptors (Lipinski definition) is 5. The lowest BCUT2D eigenvalue weighted by molar-refractivity contribution is -0.119. The molecule has 1 amide bonds. The zero-order valence-corrected chi connectivity index (χ0v) is 18.0. The summed E-state index contributed by atoms with van der Waals surface area (Å²) >= 11 is 5.87. The van der Waals surface area contributed by atoms with Crippen LogP contribution in [0.15, 0.2) is 77.7 Å². The number of methoxy groups -OCH3 is 1. The fraction of sp³-hybridized carbons (Fsp3) is 0.136. The number of ether oxygens (including phenoxy) is 2. The SMILES string of the molecule is COc1ccc(N(C(=O)COc2ccc(C)cc2)S(=O)(=O)c2ccc(Cl)cc2)cc1. The molecule has 0 saturated heterocycles. The number of rotatable bonds is 7. The van der Waals surface area contributed by atoms with Gasteiger partial charge in [0.25, 0.3) is 15.9 Å². The monoisotopic (exact) mass is 445 g/mol. The minimum absolute atomic E-state index is 0.0635. The Morgan fingerprint density at radius 3 is 2.03 bits per heavy atom. The van der Waals surface area contributed by atoms with Crippen LogP contribution in [0.1, 0.15) is 5.56 Å². The number of carbonyl (C=O) groups excluding carboxylic acids is 1. The topological polar surface area (TPSA) is 72.9 Å². The first-order chi connectivity index (χ1) is 14.3. The molecule has 8 heteroatoms. The van der Waals surface area contributed by atoms with Crippen molar-refractivity contribution in [1.82, 2.24) is 0 Å². The summed E-state index contributed by atoms with van der Waals surface area (Å²) in [5.74, 6) is 0.258. The molecule has 0 aliphatic rings. The van der Waals surface area contributed by atoms with Gasteiger partial charge in [0.2, 0.25) is 0 Å². The van der Waals surface area contributed by atoms with E-state index in [0.717, 1.165) is 9.87 Å². The quantitative estimate of drug-likeness (QED) is 0.537. The van der Waals surface area contributed by atoms with Gasteiger partial charge in [-0.2, -0.15) is 4.31 Å². The number of aryl methyl sites for hydroxylation is 1. The third-order valence-corrected chi connectivity index (χ3v) is 6.28. The summed E-state index contributed by atoms with van der Waals surface area (Å²) in [7, 11) is -2.70. The van der Waals surface area contributed by atoms with Crippen LogP contribution in [-0.4, -0.2) is 28.0 Å². The van der Waals surface area contributed by atoms with Crippen LogP contribution in [0.25, 0.3) is 0 Å². The van der Waals surface area contributed by atoms with Crippen LogP contribution in [-0.2, 0) is 14.8 Å². The van der Waals surface area contributed by atoms with Gasteiger partial charge in [0.1, 0.15) is 11.5 Å². The molecule has 0 heterocycles. The highest BCUT2D eigenvalue weighted by atomic mass is 35.5. The molecule has 3 rings (SSSR count). The summed E-state index contributed by atoms with van der Waals surface area (Å²) in [5, 5.41) is 0.388. The third-order valence-electron chi connectivity index (χ3n) is 4.27. The molecule has 0 bridgehead atoms. The number of halogens is 1.